The summed E-state index contributed by atoms with van der Waals surface area (Å²) in [6.45, 7) is 3.81. The van der Waals surface area contributed by atoms with Gasteiger partial charge in [-0.1, -0.05) is 24.2 Å². The average Bonchev–Trinajstić information content (AvgIpc) is 2.96. The van der Waals surface area contributed by atoms with Gasteiger partial charge >= 0.3 is 5.97 Å². The minimum Gasteiger partial charge on any atom is -0.487 e. The molecule has 0 aliphatic rings. The molecule has 1 aromatic heterocycles. The second-order valence-electron chi connectivity index (χ2n) is 3.89. The van der Waals surface area contributed by atoms with Crippen molar-refractivity contribution in [1.29, 1.82) is 0 Å². The van der Waals surface area contributed by atoms with Crippen LogP contribution in [0.2, 0.25) is 0 Å². The molecular formula is C14H12ClNO3S. The van der Waals surface area contributed by atoms with Gasteiger partial charge in [-0.3, -0.25) is 0 Å². The molecule has 0 bridgehead atoms. The molecule has 20 heavy (non-hydrogen) atoms. The number of esters is 1. The molecular weight excluding hydrogens is 298 g/mol. The molecule has 0 amide bonds. The molecule has 1 heterocycles. The first-order chi connectivity index (χ1) is 9.65. The fourth-order valence-corrected chi connectivity index (χ4v) is 2.00. The molecule has 0 saturated carbocycles. The highest BCUT2D eigenvalue weighted by molar-refractivity contribution is 7.07. The zero-order valence-electron chi connectivity index (χ0n) is 10.5. The predicted molar refractivity (Wildman–Crippen MR) is 78.2 cm³/mol. The van der Waals surface area contributed by atoms with Gasteiger partial charge < -0.3 is 9.47 Å². The Hall–Kier alpha value is -1.85. The van der Waals surface area contributed by atoms with E-state index in [2.05, 4.69) is 11.6 Å². The van der Waals surface area contributed by atoms with Crippen molar-refractivity contribution in [3.63, 3.8) is 0 Å². The number of thiazole rings is 1. The van der Waals surface area contributed by atoms with Gasteiger partial charge in [0.25, 0.3) is 0 Å². The smallest absolute Gasteiger partial charge is 0.338 e. The van der Waals surface area contributed by atoms with Crippen LogP contribution in [-0.2, 0) is 11.3 Å². The van der Waals surface area contributed by atoms with Crippen molar-refractivity contribution in [2.24, 2.45) is 0 Å². The van der Waals surface area contributed by atoms with Crippen LogP contribution in [0.4, 0.5) is 0 Å². The predicted octanol–water partition coefficient (Wildman–Crippen LogP) is 3.63. The quantitative estimate of drug-likeness (QED) is 0.765. The third kappa shape index (κ3) is 4.36. The molecule has 0 spiro atoms. The van der Waals surface area contributed by atoms with E-state index in [0.29, 0.717) is 17.9 Å². The molecule has 1 aromatic carbocycles. The Morgan fingerprint density at radius 2 is 2.30 bits per heavy atom. The highest BCUT2D eigenvalue weighted by atomic mass is 35.5. The van der Waals surface area contributed by atoms with Crippen molar-refractivity contribution in [1.82, 2.24) is 4.98 Å². The number of nitrogens with zero attached hydrogens (tertiary/aromatic N) is 1. The number of carbonyl (C=O) groups excluding carboxylic acids is 1. The second kappa shape index (κ2) is 7.07. The van der Waals surface area contributed by atoms with Crippen LogP contribution in [-0.4, -0.2) is 17.6 Å². The van der Waals surface area contributed by atoms with Crippen molar-refractivity contribution in [3.05, 3.63) is 58.0 Å². The van der Waals surface area contributed by atoms with Crippen LogP contribution in [0.15, 0.2) is 46.8 Å². The zero-order chi connectivity index (χ0) is 14.4. The lowest BCUT2D eigenvalue weighted by atomic mass is 10.2. The maximum Gasteiger partial charge on any atom is 0.338 e. The molecule has 0 saturated heterocycles. The molecule has 0 aliphatic heterocycles. The van der Waals surface area contributed by atoms with Crippen LogP contribution in [0.5, 0.6) is 5.75 Å². The summed E-state index contributed by atoms with van der Waals surface area (Å²) in [6, 6.07) is 6.76. The lowest BCUT2D eigenvalue weighted by Gasteiger charge is -2.07. The van der Waals surface area contributed by atoms with E-state index in [0.717, 1.165) is 5.69 Å². The SMILES string of the molecule is C=C(Cl)COC(=O)c1cccc(OCc2cscn2)c1. The Bertz CT molecular complexity index is 598. The van der Waals surface area contributed by atoms with E-state index in [1.807, 2.05) is 5.38 Å². The van der Waals surface area contributed by atoms with E-state index in [1.165, 1.54) is 11.3 Å². The van der Waals surface area contributed by atoms with Crippen molar-refractivity contribution >= 4 is 28.9 Å². The van der Waals surface area contributed by atoms with E-state index in [4.69, 9.17) is 21.1 Å². The molecule has 104 valence electrons. The first-order valence-electron chi connectivity index (χ1n) is 5.75. The number of hydrogen-bond acceptors (Lipinski definition) is 5. The lowest BCUT2D eigenvalue weighted by molar-refractivity contribution is 0.0545. The molecule has 6 heteroatoms. The summed E-state index contributed by atoms with van der Waals surface area (Å²) in [7, 11) is 0. The number of hydrogen-bond donors (Lipinski definition) is 0. The van der Waals surface area contributed by atoms with Gasteiger partial charge in [0.05, 0.1) is 16.8 Å². The zero-order valence-corrected chi connectivity index (χ0v) is 12.1. The summed E-state index contributed by atoms with van der Waals surface area (Å²) in [5, 5.41) is 2.18. The maximum atomic E-state index is 11.7. The topological polar surface area (TPSA) is 48.4 Å². The van der Waals surface area contributed by atoms with Gasteiger partial charge in [0.2, 0.25) is 0 Å². The van der Waals surface area contributed by atoms with Crippen molar-refractivity contribution in [2.75, 3.05) is 6.61 Å². The Kier molecular flexibility index (Phi) is 5.15. The van der Waals surface area contributed by atoms with Crippen LogP contribution in [0.3, 0.4) is 0 Å². The Morgan fingerprint density at radius 3 is 3.00 bits per heavy atom. The van der Waals surface area contributed by atoms with Crippen LogP contribution >= 0.6 is 22.9 Å². The molecule has 2 rings (SSSR count). The van der Waals surface area contributed by atoms with Crippen LogP contribution in [0.1, 0.15) is 16.1 Å². The van der Waals surface area contributed by atoms with E-state index in [1.54, 1.807) is 29.8 Å². The number of ether oxygens (including phenoxy) is 2. The second-order valence-corrected chi connectivity index (χ2v) is 5.14. The number of benzene rings is 1. The molecule has 2 aromatic rings. The maximum absolute atomic E-state index is 11.7. The van der Waals surface area contributed by atoms with Crippen LogP contribution in [0.25, 0.3) is 0 Å². The molecule has 0 atom stereocenters. The summed E-state index contributed by atoms with van der Waals surface area (Å²) in [5.74, 6) is 0.114. The minimum absolute atomic E-state index is 0.00963. The van der Waals surface area contributed by atoms with Crippen molar-refractivity contribution in [3.8, 4) is 5.75 Å². The van der Waals surface area contributed by atoms with E-state index < -0.39 is 5.97 Å². The largest absolute Gasteiger partial charge is 0.487 e. The van der Waals surface area contributed by atoms with Crippen molar-refractivity contribution < 1.29 is 14.3 Å². The Balaban J connectivity index is 1.96. The summed E-state index contributed by atoms with van der Waals surface area (Å²) in [4.78, 5) is 15.9. The summed E-state index contributed by atoms with van der Waals surface area (Å²) < 4.78 is 10.5. The normalized spacial score (nSPS) is 10.1. The lowest BCUT2D eigenvalue weighted by Crippen LogP contribution is -2.06. The number of aromatic nitrogens is 1. The van der Waals surface area contributed by atoms with Crippen LogP contribution < -0.4 is 4.74 Å². The van der Waals surface area contributed by atoms with Gasteiger partial charge in [-0.25, -0.2) is 9.78 Å². The standard InChI is InChI=1S/C14H12ClNO3S/c1-10(15)6-19-14(17)11-3-2-4-13(5-11)18-7-12-8-20-9-16-12/h2-5,8-9H,1,6-7H2. The average molecular weight is 310 g/mol. The van der Waals surface area contributed by atoms with E-state index in [-0.39, 0.29) is 11.6 Å². The fourth-order valence-electron chi connectivity index (χ4n) is 1.41. The molecule has 0 unspecified atom stereocenters. The van der Waals surface area contributed by atoms with Gasteiger partial charge in [-0.2, -0.15) is 0 Å². The Labute approximate surface area is 125 Å². The van der Waals surface area contributed by atoms with Gasteiger partial charge in [-0.05, 0) is 18.2 Å². The number of carbonyl (C=O) groups is 1. The van der Waals surface area contributed by atoms with Gasteiger partial charge in [0.15, 0.2) is 0 Å². The first-order valence-corrected chi connectivity index (χ1v) is 7.07. The summed E-state index contributed by atoms with van der Waals surface area (Å²) >= 11 is 7.05. The molecule has 0 radical (unpaired) electrons. The van der Waals surface area contributed by atoms with E-state index in [9.17, 15) is 4.79 Å². The fraction of sp³-hybridized carbons (Fsp3) is 0.143. The Morgan fingerprint density at radius 1 is 1.45 bits per heavy atom. The number of halogens is 1. The van der Waals surface area contributed by atoms with Gasteiger partial charge in [0, 0.05) is 10.4 Å². The van der Waals surface area contributed by atoms with Gasteiger partial charge in [-0.15, -0.1) is 11.3 Å². The monoisotopic (exact) mass is 309 g/mol. The first kappa shape index (κ1) is 14.6. The van der Waals surface area contributed by atoms with Gasteiger partial charge in [0.1, 0.15) is 19.0 Å². The molecule has 4 nitrogen and oxygen atoms in total. The minimum atomic E-state index is -0.467. The molecule has 0 fully saturated rings. The highest BCUT2D eigenvalue weighted by Gasteiger charge is 2.08. The van der Waals surface area contributed by atoms with Crippen molar-refractivity contribution in [2.45, 2.75) is 6.61 Å². The molecule has 0 N–H and O–H groups in total. The third-order valence-electron chi connectivity index (χ3n) is 2.30. The number of rotatable bonds is 6. The third-order valence-corrected chi connectivity index (χ3v) is 3.04. The van der Waals surface area contributed by atoms with Crippen LogP contribution in [0, 0.1) is 0 Å². The summed E-state index contributed by atoms with van der Waals surface area (Å²) in [5.41, 5.74) is 2.99. The summed E-state index contributed by atoms with van der Waals surface area (Å²) in [6.07, 6.45) is 0. The van der Waals surface area contributed by atoms with E-state index >= 15 is 0 Å². The molecule has 0 aliphatic carbocycles. The highest BCUT2D eigenvalue weighted by Crippen LogP contribution is 2.16.